The van der Waals surface area contributed by atoms with Gasteiger partial charge in [0.2, 0.25) is 5.91 Å². The Morgan fingerprint density at radius 1 is 1.62 bits per heavy atom. The maximum absolute atomic E-state index is 11.8. The number of carbonyl (C=O) groups excluding carboxylic acids is 1. The molecule has 0 aliphatic carbocycles. The fourth-order valence-corrected chi connectivity index (χ4v) is 2.23. The van der Waals surface area contributed by atoms with Crippen molar-refractivity contribution in [2.75, 3.05) is 13.1 Å². The molecule has 1 amide bonds. The number of furan rings is 1. The standard InChI is InChI=1S/C13H19NO2/c1-2-3-6-13(15)14-8-7-11(10-14)12-5-4-9-16-12/h4-5,9,11H,2-3,6-8,10H2,1H3. The van der Waals surface area contributed by atoms with E-state index >= 15 is 0 Å². The average molecular weight is 221 g/mol. The molecule has 1 aliphatic rings. The summed E-state index contributed by atoms with van der Waals surface area (Å²) in [6.45, 7) is 3.83. The Kier molecular flexibility index (Phi) is 3.65. The Morgan fingerprint density at radius 2 is 2.50 bits per heavy atom. The van der Waals surface area contributed by atoms with Gasteiger partial charge in [0.1, 0.15) is 5.76 Å². The minimum absolute atomic E-state index is 0.302. The third-order valence-corrected chi connectivity index (χ3v) is 3.23. The van der Waals surface area contributed by atoms with Crippen molar-refractivity contribution >= 4 is 5.91 Å². The lowest BCUT2D eigenvalue weighted by Gasteiger charge is -2.15. The van der Waals surface area contributed by atoms with Crippen molar-refractivity contribution in [3.63, 3.8) is 0 Å². The summed E-state index contributed by atoms with van der Waals surface area (Å²) >= 11 is 0. The molecule has 2 heterocycles. The van der Waals surface area contributed by atoms with E-state index in [0.717, 1.165) is 38.1 Å². The van der Waals surface area contributed by atoms with Gasteiger partial charge >= 0.3 is 0 Å². The molecule has 0 aromatic carbocycles. The lowest BCUT2D eigenvalue weighted by atomic mass is 10.1. The molecule has 88 valence electrons. The topological polar surface area (TPSA) is 33.5 Å². The number of carbonyl (C=O) groups is 1. The zero-order valence-electron chi connectivity index (χ0n) is 9.82. The minimum atomic E-state index is 0.302. The van der Waals surface area contributed by atoms with Crippen LogP contribution >= 0.6 is 0 Å². The molecule has 0 N–H and O–H groups in total. The van der Waals surface area contributed by atoms with Crippen LogP contribution in [0.1, 0.15) is 44.3 Å². The molecule has 0 bridgehead atoms. The molecule has 0 saturated carbocycles. The summed E-state index contributed by atoms with van der Waals surface area (Å²) in [5.41, 5.74) is 0. The number of nitrogens with zero attached hydrogens (tertiary/aromatic N) is 1. The highest BCUT2D eigenvalue weighted by molar-refractivity contribution is 5.76. The quantitative estimate of drug-likeness (QED) is 0.783. The Hall–Kier alpha value is -1.25. The van der Waals surface area contributed by atoms with Crippen molar-refractivity contribution in [1.82, 2.24) is 4.90 Å². The van der Waals surface area contributed by atoms with Crippen molar-refractivity contribution in [2.45, 2.75) is 38.5 Å². The molecule has 1 aromatic heterocycles. The van der Waals surface area contributed by atoms with E-state index in [0.29, 0.717) is 18.2 Å². The molecule has 3 heteroatoms. The largest absolute Gasteiger partial charge is 0.469 e. The SMILES string of the molecule is CCCCC(=O)N1CCC(c2ccco2)C1. The molecule has 1 atom stereocenters. The van der Waals surface area contributed by atoms with Crippen molar-refractivity contribution in [1.29, 1.82) is 0 Å². The summed E-state index contributed by atoms with van der Waals surface area (Å²) < 4.78 is 5.39. The Morgan fingerprint density at radius 3 is 3.19 bits per heavy atom. The second kappa shape index (κ2) is 5.19. The summed E-state index contributed by atoms with van der Waals surface area (Å²) in [6.07, 6.45) is 5.52. The first kappa shape index (κ1) is 11.2. The van der Waals surface area contributed by atoms with Gasteiger partial charge in [-0.3, -0.25) is 4.79 Å². The Balaban J connectivity index is 1.86. The summed E-state index contributed by atoms with van der Waals surface area (Å²) in [5.74, 6) is 1.72. The summed E-state index contributed by atoms with van der Waals surface area (Å²) in [7, 11) is 0. The number of hydrogen-bond acceptors (Lipinski definition) is 2. The van der Waals surface area contributed by atoms with Gasteiger partial charge in [0, 0.05) is 25.4 Å². The predicted octanol–water partition coefficient (Wildman–Crippen LogP) is 2.79. The maximum Gasteiger partial charge on any atom is 0.222 e. The maximum atomic E-state index is 11.8. The van der Waals surface area contributed by atoms with E-state index in [1.54, 1.807) is 6.26 Å². The molecule has 3 nitrogen and oxygen atoms in total. The van der Waals surface area contributed by atoms with E-state index in [4.69, 9.17) is 4.42 Å². The predicted molar refractivity (Wildman–Crippen MR) is 62.2 cm³/mol. The normalized spacial score (nSPS) is 20.3. The average Bonchev–Trinajstić information content (AvgIpc) is 2.94. The Labute approximate surface area is 96.4 Å². The fourth-order valence-electron chi connectivity index (χ4n) is 2.23. The molecule has 1 aromatic rings. The molecule has 16 heavy (non-hydrogen) atoms. The van der Waals surface area contributed by atoms with Gasteiger partial charge in [0.15, 0.2) is 0 Å². The summed E-state index contributed by atoms with van der Waals surface area (Å²) in [5, 5.41) is 0. The molecule has 1 unspecified atom stereocenters. The Bertz CT molecular complexity index is 332. The number of hydrogen-bond donors (Lipinski definition) is 0. The number of likely N-dealkylation sites (tertiary alicyclic amines) is 1. The van der Waals surface area contributed by atoms with Crippen molar-refractivity contribution in [3.05, 3.63) is 24.2 Å². The number of amides is 1. The highest BCUT2D eigenvalue weighted by atomic mass is 16.3. The van der Waals surface area contributed by atoms with Crippen molar-refractivity contribution in [3.8, 4) is 0 Å². The highest BCUT2D eigenvalue weighted by Crippen LogP contribution is 2.27. The second-order valence-electron chi connectivity index (χ2n) is 4.44. The third-order valence-electron chi connectivity index (χ3n) is 3.23. The third kappa shape index (κ3) is 2.46. The first-order valence-electron chi connectivity index (χ1n) is 6.12. The van der Waals surface area contributed by atoms with Gasteiger partial charge in [-0.2, -0.15) is 0 Å². The van der Waals surface area contributed by atoms with Crippen LogP contribution in [0, 0.1) is 0 Å². The zero-order valence-corrected chi connectivity index (χ0v) is 9.82. The van der Waals surface area contributed by atoms with Gasteiger partial charge in [0.05, 0.1) is 6.26 Å². The summed E-state index contributed by atoms with van der Waals surface area (Å²) in [4.78, 5) is 13.8. The van der Waals surface area contributed by atoms with Gasteiger partial charge in [-0.1, -0.05) is 13.3 Å². The van der Waals surface area contributed by atoms with E-state index in [-0.39, 0.29) is 0 Å². The van der Waals surface area contributed by atoms with Crippen molar-refractivity contribution < 1.29 is 9.21 Å². The molecule has 0 radical (unpaired) electrons. The van der Waals surface area contributed by atoms with Gasteiger partial charge in [-0.25, -0.2) is 0 Å². The monoisotopic (exact) mass is 221 g/mol. The van der Waals surface area contributed by atoms with Crippen LogP contribution in [0.2, 0.25) is 0 Å². The lowest BCUT2D eigenvalue weighted by molar-refractivity contribution is -0.130. The minimum Gasteiger partial charge on any atom is -0.469 e. The number of unbranched alkanes of at least 4 members (excludes halogenated alkanes) is 1. The van der Waals surface area contributed by atoms with Crippen molar-refractivity contribution in [2.24, 2.45) is 0 Å². The molecule has 1 fully saturated rings. The van der Waals surface area contributed by atoms with Crippen LogP contribution in [-0.2, 0) is 4.79 Å². The first-order chi connectivity index (χ1) is 7.81. The smallest absolute Gasteiger partial charge is 0.222 e. The fraction of sp³-hybridized carbons (Fsp3) is 0.615. The van der Waals surface area contributed by atoms with Crippen LogP contribution in [0.3, 0.4) is 0 Å². The van der Waals surface area contributed by atoms with Crippen LogP contribution in [0.5, 0.6) is 0 Å². The van der Waals surface area contributed by atoms with Crippen LogP contribution in [0.25, 0.3) is 0 Å². The zero-order chi connectivity index (χ0) is 11.4. The molecular formula is C13H19NO2. The van der Waals surface area contributed by atoms with Crippen LogP contribution in [0.4, 0.5) is 0 Å². The molecule has 2 rings (SSSR count). The van der Waals surface area contributed by atoms with Gasteiger partial charge in [-0.05, 0) is 25.0 Å². The molecule has 1 saturated heterocycles. The molecular weight excluding hydrogens is 202 g/mol. The van der Waals surface area contributed by atoms with Crippen LogP contribution < -0.4 is 0 Å². The van der Waals surface area contributed by atoms with Gasteiger partial charge in [0.25, 0.3) is 0 Å². The van der Waals surface area contributed by atoms with Gasteiger partial charge in [-0.15, -0.1) is 0 Å². The van der Waals surface area contributed by atoms with Gasteiger partial charge < -0.3 is 9.32 Å². The van der Waals surface area contributed by atoms with E-state index in [1.165, 1.54) is 0 Å². The van der Waals surface area contributed by atoms with E-state index in [9.17, 15) is 4.79 Å². The lowest BCUT2D eigenvalue weighted by Crippen LogP contribution is -2.28. The van der Waals surface area contributed by atoms with Crippen LogP contribution in [0.15, 0.2) is 22.8 Å². The second-order valence-corrected chi connectivity index (χ2v) is 4.44. The highest BCUT2D eigenvalue weighted by Gasteiger charge is 2.28. The number of rotatable bonds is 4. The molecule has 1 aliphatic heterocycles. The first-order valence-corrected chi connectivity index (χ1v) is 6.12. The van der Waals surface area contributed by atoms with E-state index < -0.39 is 0 Å². The van der Waals surface area contributed by atoms with Crippen LogP contribution in [-0.4, -0.2) is 23.9 Å². The molecule has 0 spiro atoms. The van der Waals surface area contributed by atoms with E-state index in [1.807, 2.05) is 17.0 Å². The summed E-state index contributed by atoms with van der Waals surface area (Å²) in [6, 6.07) is 3.92. The van der Waals surface area contributed by atoms with E-state index in [2.05, 4.69) is 6.92 Å².